The number of rotatable bonds is 17. The summed E-state index contributed by atoms with van der Waals surface area (Å²) in [6, 6.07) is -1.58. The van der Waals surface area contributed by atoms with E-state index < -0.39 is 6.00 Å². The second kappa shape index (κ2) is 16.5. The normalized spacial score (nSPS) is 11.5. The molecule has 0 aliphatic carbocycles. The predicted octanol–water partition coefficient (Wildman–Crippen LogP) is 7.83. The topological polar surface area (TPSA) is 26.3 Å². The summed E-state index contributed by atoms with van der Waals surface area (Å²) in [6.07, 6.45) is 16.1. The molecule has 0 radical (unpaired) electrons. The molecule has 0 spiro atoms. The second-order valence-corrected chi connectivity index (χ2v) is 16.2. The van der Waals surface area contributed by atoms with Crippen LogP contribution < -0.4 is 0 Å². The van der Waals surface area contributed by atoms with Crippen molar-refractivity contribution in [3.05, 3.63) is 12.2 Å². The minimum atomic E-state index is -2.38. The summed E-state index contributed by atoms with van der Waals surface area (Å²) in [4.78, 5) is 11.2. The third-order valence-corrected chi connectivity index (χ3v) is 6.81. The van der Waals surface area contributed by atoms with Crippen molar-refractivity contribution in [3.8, 4) is 0 Å². The Bertz CT molecular complexity index is 357. The van der Waals surface area contributed by atoms with Crippen LogP contribution in [0.3, 0.4) is 0 Å². The van der Waals surface area contributed by atoms with E-state index >= 15 is 0 Å². The number of esters is 1. The van der Waals surface area contributed by atoms with Gasteiger partial charge in [-0.15, -0.1) is 33.2 Å². The second-order valence-electron chi connectivity index (χ2n) is 6.88. The van der Waals surface area contributed by atoms with Gasteiger partial charge in [0.25, 0.3) is 0 Å². The van der Waals surface area contributed by atoms with Gasteiger partial charge in [-0.25, -0.2) is 4.79 Å². The highest BCUT2D eigenvalue weighted by Gasteiger charge is 2.23. The lowest BCUT2D eigenvalue weighted by atomic mass is 10.0. The lowest BCUT2D eigenvalue weighted by Crippen LogP contribution is -2.07. The van der Waals surface area contributed by atoms with Crippen LogP contribution in [0.25, 0.3) is 0 Å². The summed E-state index contributed by atoms with van der Waals surface area (Å²) in [5, 5.41) is 0. The van der Waals surface area contributed by atoms with Gasteiger partial charge in [-0.1, -0.05) is 83.6 Å². The summed E-state index contributed by atoms with van der Waals surface area (Å²) >= 11 is 17.6. The molecule has 2 nitrogen and oxygen atoms in total. The van der Waals surface area contributed by atoms with Gasteiger partial charge in [0, 0.05) is 5.57 Å². The molecule has 0 saturated carbocycles. The molecular formula is C19H35Cl3O2Si. The molecule has 0 fully saturated rings. The quantitative estimate of drug-likeness (QED) is 0.0773. The van der Waals surface area contributed by atoms with Crippen molar-refractivity contribution in [2.24, 2.45) is 0 Å². The summed E-state index contributed by atoms with van der Waals surface area (Å²) < 4.78 is 5.07. The van der Waals surface area contributed by atoms with Crippen molar-refractivity contribution in [2.45, 2.75) is 96.4 Å². The van der Waals surface area contributed by atoms with E-state index in [0.717, 1.165) is 25.3 Å². The lowest BCUT2D eigenvalue weighted by Gasteiger charge is -2.07. The van der Waals surface area contributed by atoms with Crippen molar-refractivity contribution in [1.82, 2.24) is 0 Å². The summed E-state index contributed by atoms with van der Waals surface area (Å²) in [7, 11) is 0. The lowest BCUT2D eigenvalue weighted by molar-refractivity contribution is -0.139. The fraction of sp³-hybridized carbons (Fsp3) is 0.842. The molecule has 0 heterocycles. The Morgan fingerprint density at radius 2 is 1.12 bits per heavy atom. The maximum atomic E-state index is 11.2. The Labute approximate surface area is 169 Å². The van der Waals surface area contributed by atoms with Crippen molar-refractivity contribution >= 4 is 45.2 Å². The van der Waals surface area contributed by atoms with Crippen LogP contribution in [0.1, 0.15) is 90.4 Å². The maximum Gasteiger partial charge on any atom is 0.341 e. The van der Waals surface area contributed by atoms with E-state index in [2.05, 4.69) is 6.58 Å². The van der Waals surface area contributed by atoms with E-state index in [1.807, 2.05) is 0 Å². The van der Waals surface area contributed by atoms with Crippen LogP contribution in [-0.4, -0.2) is 18.6 Å². The van der Waals surface area contributed by atoms with E-state index in [1.54, 1.807) is 6.92 Å². The number of unbranched alkanes of at least 4 members (excludes halogenated alkanes) is 12. The molecule has 0 atom stereocenters. The molecule has 0 unspecified atom stereocenters. The van der Waals surface area contributed by atoms with Gasteiger partial charge >= 0.3 is 12.0 Å². The third kappa shape index (κ3) is 20.5. The van der Waals surface area contributed by atoms with Crippen molar-refractivity contribution in [2.75, 3.05) is 6.61 Å². The molecule has 0 rings (SSSR count). The summed E-state index contributed by atoms with van der Waals surface area (Å²) in [5.41, 5.74) is 0.476. The SMILES string of the molecule is C=C(C)C(=O)OCCCCCCCCCCCCCCC[Si](Cl)(Cl)Cl. The van der Waals surface area contributed by atoms with Gasteiger partial charge in [0.2, 0.25) is 0 Å². The average molecular weight is 430 g/mol. The van der Waals surface area contributed by atoms with Crippen LogP contribution in [-0.2, 0) is 9.53 Å². The summed E-state index contributed by atoms with van der Waals surface area (Å²) in [5.74, 6) is -0.271. The number of hydrogen-bond donors (Lipinski definition) is 0. The van der Waals surface area contributed by atoms with E-state index in [0.29, 0.717) is 12.2 Å². The first-order valence-corrected chi connectivity index (χ1v) is 15.0. The first-order valence-electron chi connectivity index (χ1n) is 9.72. The molecule has 0 aromatic carbocycles. The molecule has 0 N–H and O–H groups in total. The van der Waals surface area contributed by atoms with Gasteiger partial charge in [0.1, 0.15) is 0 Å². The molecule has 25 heavy (non-hydrogen) atoms. The largest absolute Gasteiger partial charge is 0.462 e. The molecule has 0 aliphatic rings. The van der Waals surface area contributed by atoms with Crippen LogP contribution in [0.5, 0.6) is 0 Å². The first-order chi connectivity index (χ1) is 11.8. The Morgan fingerprint density at radius 1 is 0.760 bits per heavy atom. The molecule has 0 aliphatic heterocycles. The van der Waals surface area contributed by atoms with Crippen molar-refractivity contribution < 1.29 is 9.53 Å². The summed E-state index contributed by atoms with van der Waals surface area (Å²) in [6.45, 7) is 5.76. The average Bonchev–Trinajstić information content (AvgIpc) is 2.53. The van der Waals surface area contributed by atoms with Crippen LogP contribution in [0.4, 0.5) is 0 Å². The highest BCUT2D eigenvalue weighted by atomic mass is 35.8. The highest BCUT2D eigenvalue weighted by Crippen LogP contribution is 2.27. The zero-order valence-corrected chi connectivity index (χ0v) is 19.0. The van der Waals surface area contributed by atoms with E-state index in [4.69, 9.17) is 38.0 Å². The monoisotopic (exact) mass is 428 g/mol. The van der Waals surface area contributed by atoms with Crippen LogP contribution >= 0.6 is 33.2 Å². The molecule has 0 saturated heterocycles. The number of carbonyl (C=O) groups is 1. The molecule has 0 aromatic heterocycles. The number of carbonyl (C=O) groups excluding carboxylic acids is 1. The van der Waals surface area contributed by atoms with Crippen LogP contribution in [0.15, 0.2) is 12.2 Å². The third-order valence-electron chi connectivity index (χ3n) is 4.19. The zero-order valence-electron chi connectivity index (χ0n) is 15.8. The minimum absolute atomic E-state index is 0.271. The highest BCUT2D eigenvalue weighted by molar-refractivity contribution is 7.64. The molecule has 0 amide bonds. The minimum Gasteiger partial charge on any atom is -0.462 e. The zero-order chi connectivity index (χ0) is 19.0. The molecule has 0 bridgehead atoms. The molecule has 148 valence electrons. The van der Waals surface area contributed by atoms with Gasteiger partial charge in [-0.2, -0.15) is 0 Å². The van der Waals surface area contributed by atoms with Gasteiger partial charge in [0.15, 0.2) is 0 Å². The van der Waals surface area contributed by atoms with Gasteiger partial charge < -0.3 is 4.74 Å². The van der Waals surface area contributed by atoms with E-state index in [-0.39, 0.29) is 5.97 Å². The Hall–Kier alpha value is 0.297. The Kier molecular flexibility index (Phi) is 16.7. The van der Waals surface area contributed by atoms with Crippen molar-refractivity contribution in [3.63, 3.8) is 0 Å². The fourth-order valence-electron chi connectivity index (χ4n) is 2.66. The van der Waals surface area contributed by atoms with Crippen molar-refractivity contribution in [1.29, 1.82) is 0 Å². The van der Waals surface area contributed by atoms with E-state index in [1.165, 1.54) is 64.2 Å². The predicted molar refractivity (Wildman–Crippen MR) is 114 cm³/mol. The first kappa shape index (κ1) is 25.3. The van der Waals surface area contributed by atoms with Gasteiger partial charge in [-0.05, 0) is 19.4 Å². The van der Waals surface area contributed by atoms with Crippen LogP contribution in [0, 0.1) is 0 Å². The number of hydrogen-bond acceptors (Lipinski definition) is 2. The molecule has 0 aromatic rings. The maximum absolute atomic E-state index is 11.2. The number of ether oxygens (including phenoxy) is 1. The molecule has 6 heteroatoms. The van der Waals surface area contributed by atoms with Gasteiger partial charge in [-0.3, -0.25) is 0 Å². The standard InChI is InChI=1S/C19H35Cl3O2Si/c1-18(2)19(23)24-16-14-12-10-8-6-4-3-5-7-9-11-13-15-17-25(20,21)22/h1,3-17H2,2H3. The molecular weight excluding hydrogens is 395 g/mol. The van der Waals surface area contributed by atoms with E-state index in [9.17, 15) is 4.79 Å². The van der Waals surface area contributed by atoms with Crippen LogP contribution in [0.2, 0.25) is 6.04 Å². The fourth-order valence-corrected chi connectivity index (χ4v) is 4.51. The Morgan fingerprint density at radius 3 is 1.48 bits per heavy atom. The smallest absolute Gasteiger partial charge is 0.341 e. The van der Waals surface area contributed by atoms with Gasteiger partial charge in [0.05, 0.1) is 6.61 Å². The number of halogens is 3. The Balaban J connectivity index is 3.12.